The number of ether oxygens (including phenoxy) is 1. The van der Waals surface area contributed by atoms with Gasteiger partial charge >= 0.3 is 0 Å². The molecule has 0 bridgehead atoms. The highest BCUT2D eigenvalue weighted by molar-refractivity contribution is 14.0. The number of benzene rings is 1. The van der Waals surface area contributed by atoms with Crippen molar-refractivity contribution in [2.75, 3.05) is 39.8 Å². The Morgan fingerprint density at radius 3 is 2.74 bits per heavy atom. The summed E-state index contributed by atoms with van der Waals surface area (Å²) in [7, 11) is 1.77. The normalized spacial score (nSPS) is 22.6. The zero-order chi connectivity index (χ0) is 18.2. The number of halogens is 1. The van der Waals surface area contributed by atoms with E-state index in [1.165, 1.54) is 5.56 Å². The number of rotatable bonds is 7. The van der Waals surface area contributed by atoms with E-state index in [9.17, 15) is 4.79 Å². The highest BCUT2D eigenvalue weighted by atomic mass is 127. The van der Waals surface area contributed by atoms with E-state index in [1.54, 1.807) is 7.05 Å². The van der Waals surface area contributed by atoms with Crippen LogP contribution < -0.4 is 10.6 Å². The summed E-state index contributed by atoms with van der Waals surface area (Å²) in [5.41, 5.74) is 1.28. The van der Waals surface area contributed by atoms with Crippen LogP contribution in [0.1, 0.15) is 24.8 Å². The van der Waals surface area contributed by atoms with E-state index in [4.69, 9.17) is 4.74 Å². The van der Waals surface area contributed by atoms with Crippen molar-refractivity contribution in [3.8, 4) is 0 Å². The van der Waals surface area contributed by atoms with Gasteiger partial charge in [-0.3, -0.25) is 9.79 Å². The predicted octanol–water partition coefficient (Wildman–Crippen LogP) is 2.04. The second-order valence-electron chi connectivity index (χ2n) is 7.11. The topological polar surface area (TPSA) is 66.0 Å². The number of hydrogen-bond donors (Lipinski definition) is 2. The van der Waals surface area contributed by atoms with Gasteiger partial charge in [-0.1, -0.05) is 30.3 Å². The fraction of sp³-hybridized carbons (Fsp3) is 0.600. The molecule has 150 valence electrons. The van der Waals surface area contributed by atoms with Gasteiger partial charge in [0.05, 0.1) is 6.10 Å². The van der Waals surface area contributed by atoms with E-state index in [1.807, 2.05) is 23.1 Å². The molecule has 2 N–H and O–H groups in total. The molecule has 0 saturated carbocycles. The van der Waals surface area contributed by atoms with Crippen LogP contribution in [-0.4, -0.2) is 62.7 Å². The number of nitrogens with zero attached hydrogens (tertiary/aromatic N) is 2. The van der Waals surface area contributed by atoms with Crippen LogP contribution in [0.4, 0.5) is 0 Å². The van der Waals surface area contributed by atoms with Gasteiger partial charge in [0.25, 0.3) is 0 Å². The van der Waals surface area contributed by atoms with Crippen molar-refractivity contribution in [1.29, 1.82) is 0 Å². The van der Waals surface area contributed by atoms with E-state index in [-0.39, 0.29) is 36.0 Å². The largest absolute Gasteiger partial charge is 0.376 e. The number of likely N-dealkylation sites (tertiary alicyclic amines) is 1. The zero-order valence-corrected chi connectivity index (χ0v) is 18.4. The first kappa shape index (κ1) is 21.9. The number of amides is 1. The van der Waals surface area contributed by atoms with Crippen LogP contribution >= 0.6 is 24.0 Å². The average molecular weight is 486 g/mol. The molecular formula is C20H31IN4O2. The van der Waals surface area contributed by atoms with Crippen LogP contribution in [0.2, 0.25) is 0 Å². The van der Waals surface area contributed by atoms with Gasteiger partial charge in [-0.2, -0.15) is 0 Å². The van der Waals surface area contributed by atoms with Gasteiger partial charge < -0.3 is 20.3 Å². The van der Waals surface area contributed by atoms with Crippen molar-refractivity contribution in [3.05, 3.63) is 35.9 Å². The SMILES string of the molecule is CN=C(NCC1CC(=O)N(CCc2ccccc2)C1)NCC1CCCO1.I. The van der Waals surface area contributed by atoms with Crippen LogP contribution in [0.15, 0.2) is 35.3 Å². The summed E-state index contributed by atoms with van der Waals surface area (Å²) in [6.07, 6.45) is 4.07. The van der Waals surface area contributed by atoms with Crippen molar-refractivity contribution in [2.45, 2.75) is 31.8 Å². The maximum atomic E-state index is 12.3. The van der Waals surface area contributed by atoms with E-state index in [2.05, 4.69) is 27.8 Å². The first-order valence-corrected chi connectivity index (χ1v) is 9.62. The molecule has 27 heavy (non-hydrogen) atoms. The minimum absolute atomic E-state index is 0. The molecule has 2 heterocycles. The Morgan fingerprint density at radius 2 is 2.04 bits per heavy atom. The van der Waals surface area contributed by atoms with E-state index < -0.39 is 0 Å². The average Bonchev–Trinajstić information content (AvgIpc) is 3.31. The van der Waals surface area contributed by atoms with Crippen molar-refractivity contribution in [3.63, 3.8) is 0 Å². The highest BCUT2D eigenvalue weighted by Crippen LogP contribution is 2.17. The maximum Gasteiger partial charge on any atom is 0.223 e. The number of hydrogen-bond acceptors (Lipinski definition) is 3. The van der Waals surface area contributed by atoms with Crippen LogP contribution in [0.5, 0.6) is 0 Å². The Labute approximate surface area is 179 Å². The summed E-state index contributed by atoms with van der Waals surface area (Å²) >= 11 is 0. The lowest BCUT2D eigenvalue weighted by Gasteiger charge is -2.18. The molecule has 2 saturated heterocycles. The fourth-order valence-electron chi connectivity index (χ4n) is 3.59. The third-order valence-electron chi connectivity index (χ3n) is 5.11. The molecule has 2 fully saturated rings. The third kappa shape index (κ3) is 6.95. The quantitative estimate of drug-likeness (QED) is 0.352. The van der Waals surface area contributed by atoms with Gasteiger partial charge in [-0.25, -0.2) is 0 Å². The Hall–Kier alpha value is -1.35. The summed E-state index contributed by atoms with van der Waals surface area (Å²) in [5, 5.41) is 6.67. The van der Waals surface area contributed by atoms with Crippen molar-refractivity contribution >= 4 is 35.8 Å². The van der Waals surface area contributed by atoms with Gasteiger partial charge in [0.1, 0.15) is 0 Å². The summed E-state index contributed by atoms with van der Waals surface area (Å²) in [6, 6.07) is 10.3. The lowest BCUT2D eigenvalue weighted by molar-refractivity contribution is -0.127. The number of carbonyl (C=O) groups is 1. The number of carbonyl (C=O) groups excluding carboxylic acids is 1. The highest BCUT2D eigenvalue weighted by Gasteiger charge is 2.29. The first-order valence-electron chi connectivity index (χ1n) is 9.62. The number of guanidine groups is 1. The van der Waals surface area contributed by atoms with Gasteiger partial charge in [0.15, 0.2) is 5.96 Å². The molecule has 1 aromatic carbocycles. The smallest absolute Gasteiger partial charge is 0.223 e. The second kappa shape index (κ2) is 11.5. The molecule has 6 nitrogen and oxygen atoms in total. The summed E-state index contributed by atoms with van der Waals surface area (Å²) in [5.74, 6) is 1.38. The van der Waals surface area contributed by atoms with E-state index in [0.29, 0.717) is 12.3 Å². The van der Waals surface area contributed by atoms with E-state index >= 15 is 0 Å². The Balaban J connectivity index is 0.00000261. The van der Waals surface area contributed by atoms with Crippen molar-refractivity contribution in [1.82, 2.24) is 15.5 Å². The molecule has 1 amide bonds. The third-order valence-corrected chi connectivity index (χ3v) is 5.11. The summed E-state index contributed by atoms with van der Waals surface area (Å²) in [6.45, 7) is 4.03. The molecule has 2 atom stereocenters. The predicted molar refractivity (Wildman–Crippen MR) is 119 cm³/mol. The van der Waals surface area contributed by atoms with Crippen LogP contribution in [-0.2, 0) is 16.0 Å². The minimum Gasteiger partial charge on any atom is -0.376 e. The van der Waals surface area contributed by atoms with E-state index in [0.717, 1.165) is 58.0 Å². The molecule has 0 aromatic heterocycles. The van der Waals surface area contributed by atoms with Gasteiger partial charge in [-0.05, 0) is 24.8 Å². The summed E-state index contributed by atoms with van der Waals surface area (Å²) in [4.78, 5) is 18.5. The molecule has 0 spiro atoms. The Kier molecular flexibility index (Phi) is 9.33. The molecular weight excluding hydrogens is 455 g/mol. The number of nitrogens with one attached hydrogen (secondary N) is 2. The fourth-order valence-corrected chi connectivity index (χ4v) is 3.59. The lowest BCUT2D eigenvalue weighted by atomic mass is 10.1. The molecule has 1 aromatic rings. The first-order chi connectivity index (χ1) is 12.7. The van der Waals surface area contributed by atoms with Crippen LogP contribution in [0.25, 0.3) is 0 Å². The molecule has 0 aliphatic carbocycles. The summed E-state index contributed by atoms with van der Waals surface area (Å²) < 4.78 is 5.62. The monoisotopic (exact) mass is 486 g/mol. The standard InChI is InChI=1S/C20H30N4O2.HI/c1-21-20(23-14-18-8-5-11-26-18)22-13-17-12-19(25)24(15-17)10-9-16-6-3-2-4-7-16;/h2-4,6-7,17-18H,5,8-15H2,1H3,(H2,21,22,23);1H. The molecule has 2 aliphatic heterocycles. The van der Waals surface area contributed by atoms with Gasteiger partial charge in [-0.15, -0.1) is 24.0 Å². The molecule has 7 heteroatoms. The Morgan fingerprint density at radius 1 is 1.26 bits per heavy atom. The van der Waals surface area contributed by atoms with Crippen molar-refractivity contribution in [2.24, 2.45) is 10.9 Å². The molecule has 0 radical (unpaired) electrons. The molecule has 3 rings (SSSR count). The maximum absolute atomic E-state index is 12.3. The second-order valence-corrected chi connectivity index (χ2v) is 7.11. The lowest BCUT2D eigenvalue weighted by Crippen LogP contribution is -2.43. The Bertz CT molecular complexity index is 605. The van der Waals surface area contributed by atoms with Gasteiger partial charge in [0, 0.05) is 52.2 Å². The molecule has 2 unspecified atom stereocenters. The van der Waals surface area contributed by atoms with Crippen LogP contribution in [0, 0.1) is 5.92 Å². The zero-order valence-electron chi connectivity index (χ0n) is 16.0. The van der Waals surface area contributed by atoms with Crippen LogP contribution in [0.3, 0.4) is 0 Å². The van der Waals surface area contributed by atoms with Crippen molar-refractivity contribution < 1.29 is 9.53 Å². The molecule has 2 aliphatic rings. The minimum atomic E-state index is 0. The van der Waals surface area contributed by atoms with Gasteiger partial charge in [0.2, 0.25) is 5.91 Å². The number of aliphatic imine (C=N–C) groups is 1.